The first-order chi connectivity index (χ1) is 6.72. The molecule has 1 rings (SSSR count). The second-order valence-electron chi connectivity index (χ2n) is 3.08. The summed E-state index contributed by atoms with van der Waals surface area (Å²) in [6.07, 6.45) is 0.648. The molecule has 0 saturated heterocycles. The van der Waals surface area contributed by atoms with E-state index in [1.807, 2.05) is 30.3 Å². The van der Waals surface area contributed by atoms with E-state index in [1.165, 1.54) is 0 Å². The van der Waals surface area contributed by atoms with Gasteiger partial charge in [-0.25, -0.2) is 4.99 Å². The minimum absolute atomic E-state index is 0.0139. The van der Waals surface area contributed by atoms with Crippen LogP contribution in [0.4, 0.5) is 0 Å². The van der Waals surface area contributed by atoms with E-state index >= 15 is 0 Å². The van der Waals surface area contributed by atoms with Crippen molar-refractivity contribution in [2.45, 2.75) is 12.5 Å². The van der Waals surface area contributed by atoms with E-state index in [4.69, 9.17) is 16.6 Å². The highest BCUT2D eigenvalue weighted by atomic mass is 16.3. The monoisotopic (exact) mass is 193 g/mol. The van der Waals surface area contributed by atoms with Crippen LogP contribution in [-0.4, -0.2) is 23.7 Å². The van der Waals surface area contributed by atoms with Crippen molar-refractivity contribution in [1.29, 1.82) is 0 Å². The molecule has 1 atom stereocenters. The average molecular weight is 193 g/mol. The van der Waals surface area contributed by atoms with Crippen molar-refractivity contribution in [3.63, 3.8) is 0 Å². The Morgan fingerprint density at radius 2 is 1.93 bits per heavy atom. The summed E-state index contributed by atoms with van der Waals surface area (Å²) in [4.78, 5) is 3.91. The predicted molar refractivity (Wildman–Crippen MR) is 56.8 cm³/mol. The molecule has 0 aliphatic carbocycles. The number of aliphatic hydroxyl groups excluding tert-OH is 1. The molecule has 0 aliphatic rings. The van der Waals surface area contributed by atoms with Crippen LogP contribution < -0.4 is 11.5 Å². The molecule has 4 nitrogen and oxygen atoms in total. The summed E-state index contributed by atoms with van der Waals surface area (Å²) in [6, 6.07) is 9.54. The molecule has 0 amide bonds. The third-order valence-corrected chi connectivity index (χ3v) is 1.86. The van der Waals surface area contributed by atoms with Crippen LogP contribution >= 0.6 is 0 Å². The fourth-order valence-corrected chi connectivity index (χ4v) is 1.25. The Morgan fingerprint density at radius 1 is 1.29 bits per heavy atom. The van der Waals surface area contributed by atoms with Gasteiger partial charge in [0.1, 0.15) is 0 Å². The lowest BCUT2D eigenvalue weighted by atomic mass is 10.1. The molecule has 0 aromatic heterocycles. The Morgan fingerprint density at radius 3 is 2.43 bits per heavy atom. The van der Waals surface area contributed by atoms with E-state index in [0.717, 1.165) is 5.56 Å². The van der Waals surface area contributed by atoms with E-state index in [1.54, 1.807) is 0 Å². The number of aliphatic imine (C=N–C) groups is 1. The van der Waals surface area contributed by atoms with Crippen LogP contribution in [0.1, 0.15) is 5.56 Å². The number of aliphatic hydroxyl groups is 1. The highest BCUT2D eigenvalue weighted by molar-refractivity contribution is 5.75. The third-order valence-electron chi connectivity index (χ3n) is 1.86. The first-order valence-electron chi connectivity index (χ1n) is 4.46. The molecule has 0 saturated carbocycles. The summed E-state index contributed by atoms with van der Waals surface area (Å²) >= 11 is 0. The van der Waals surface area contributed by atoms with Gasteiger partial charge in [0.25, 0.3) is 0 Å². The number of hydrogen-bond acceptors (Lipinski definition) is 2. The van der Waals surface area contributed by atoms with Crippen molar-refractivity contribution < 1.29 is 5.11 Å². The van der Waals surface area contributed by atoms with Gasteiger partial charge >= 0.3 is 0 Å². The highest BCUT2D eigenvalue weighted by Gasteiger charge is 2.06. The number of guanidine groups is 1. The van der Waals surface area contributed by atoms with Crippen LogP contribution in [0.25, 0.3) is 0 Å². The minimum Gasteiger partial charge on any atom is -0.394 e. The second-order valence-corrected chi connectivity index (χ2v) is 3.08. The van der Waals surface area contributed by atoms with Gasteiger partial charge in [-0.2, -0.15) is 0 Å². The molecule has 1 aromatic rings. The molecule has 0 aliphatic heterocycles. The zero-order valence-corrected chi connectivity index (χ0v) is 7.93. The Balaban J connectivity index is 2.62. The molecular weight excluding hydrogens is 178 g/mol. The van der Waals surface area contributed by atoms with Crippen molar-refractivity contribution >= 4 is 5.96 Å². The van der Waals surface area contributed by atoms with Gasteiger partial charge in [-0.15, -0.1) is 0 Å². The van der Waals surface area contributed by atoms with E-state index < -0.39 is 0 Å². The third kappa shape index (κ3) is 3.45. The lowest BCUT2D eigenvalue weighted by Crippen LogP contribution is -2.27. The normalized spacial score (nSPS) is 12.1. The molecule has 5 N–H and O–H groups in total. The fourth-order valence-electron chi connectivity index (χ4n) is 1.25. The zero-order chi connectivity index (χ0) is 10.4. The number of hydrogen-bond donors (Lipinski definition) is 3. The number of nitrogens with two attached hydrogens (primary N) is 2. The van der Waals surface area contributed by atoms with Crippen LogP contribution in [0, 0.1) is 0 Å². The lowest BCUT2D eigenvalue weighted by molar-refractivity contribution is 0.266. The quantitative estimate of drug-likeness (QED) is 0.459. The van der Waals surface area contributed by atoms with Gasteiger partial charge in [0, 0.05) is 0 Å². The van der Waals surface area contributed by atoms with Crippen LogP contribution in [0.15, 0.2) is 35.3 Å². The van der Waals surface area contributed by atoms with Crippen molar-refractivity contribution in [3.8, 4) is 0 Å². The maximum absolute atomic E-state index is 9.02. The van der Waals surface area contributed by atoms with Gasteiger partial charge in [-0.3, -0.25) is 0 Å². The predicted octanol–water partition coefficient (Wildman–Crippen LogP) is -0.137. The molecule has 14 heavy (non-hydrogen) atoms. The Kier molecular flexibility index (Phi) is 3.94. The standard InChI is InChI=1S/C10H15N3O/c11-10(12)13-9(7-14)6-8-4-2-1-3-5-8/h1-5,9,14H,6-7H2,(H4,11,12,13). The maximum Gasteiger partial charge on any atom is 0.186 e. The van der Waals surface area contributed by atoms with E-state index in [9.17, 15) is 0 Å². The summed E-state index contributed by atoms with van der Waals surface area (Å²) < 4.78 is 0. The maximum atomic E-state index is 9.02. The summed E-state index contributed by atoms with van der Waals surface area (Å²) in [7, 11) is 0. The fraction of sp³-hybridized carbons (Fsp3) is 0.300. The molecule has 0 bridgehead atoms. The summed E-state index contributed by atoms with van der Waals surface area (Å²) in [5.74, 6) is 0.0139. The number of benzene rings is 1. The van der Waals surface area contributed by atoms with Gasteiger partial charge in [0.15, 0.2) is 5.96 Å². The van der Waals surface area contributed by atoms with E-state index in [-0.39, 0.29) is 18.6 Å². The van der Waals surface area contributed by atoms with Gasteiger partial charge in [-0.05, 0) is 12.0 Å². The molecular formula is C10H15N3O. The molecule has 4 heteroatoms. The van der Waals surface area contributed by atoms with Gasteiger partial charge in [-0.1, -0.05) is 30.3 Å². The smallest absolute Gasteiger partial charge is 0.186 e. The molecule has 0 radical (unpaired) electrons. The summed E-state index contributed by atoms with van der Waals surface area (Å²) in [5.41, 5.74) is 11.6. The van der Waals surface area contributed by atoms with Crippen LogP contribution in [-0.2, 0) is 6.42 Å². The Labute approximate surface area is 83.3 Å². The molecule has 0 spiro atoms. The van der Waals surface area contributed by atoms with Crippen LogP contribution in [0.2, 0.25) is 0 Å². The van der Waals surface area contributed by atoms with Gasteiger partial charge in [0.05, 0.1) is 12.6 Å². The zero-order valence-electron chi connectivity index (χ0n) is 7.93. The summed E-state index contributed by atoms with van der Waals surface area (Å²) in [5, 5.41) is 9.02. The van der Waals surface area contributed by atoms with Crippen molar-refractivity contribution in [2.75, 3.05) is 6.61 Å². The first-order valence-corrected chi connectivity index (χ1v) is 4.46. The van der Waals surface area contributed by atoms with Crippen molar-refractivity contribution in [1.82, 2.24) is 0 Å². The van der Waals surface area contributed by atoms with Gasteiger partial charge in [0.2, 0.25) is 0 Å². The molecule has 0 heterocycles. The SMILES string of the molecule is NC(N)=NC(CO)Cc1ccccc1. The second kappa shape index (κ2) is 5.24. The topological polar surface area (TPSA) is 84.6 Å². The minimum atomic E-state index is -0.248. The summed E-state index contributed by atoms with van der Waals surface area (Å²) in [6.45, 7) is -0.0488. The molecule has 1 aromatic carbocycles. The molecule has 0 fully saturated rings. The van der Waals surface area contributed by atoms with Crippen LogP contribution in [0.3, 0.4) is 0 Å². The Hall–Kier alpha value is -1.55. The van der Waals surface area contributed by atoms with Crippen molar-refractivity contribution in [2.24, 2.45) is 16.5 Å². The average Bonchev–Trinajstić information content (AvgIpc) is 2.17. The largest absolute Gasteiger partial charge is 0.394 e. The molecule has 1 unspecified atom stereocenters. The van der Waals surface area contributed by atoms with E-state index in [0.29, 0.717) is 6.42 Å². The first kappa shape index (κ1) is 10.5. The van der Waals surface area contributed by atoms with Crippen LogP contribution in [0.5, 0.6) is 0 Å². The number of nitrogens with zero attached hydrogens (tertiary/aromatic N) is 1. The molecule has 76 valence electrons. The van der Waals surface area contributed by atoms with Gasteiger partial charge < -0.3 is 16.6 Å². The van der Waals surface area contributed by atoms with Crippen molar-refractivity contribution in [3.05, 3.63) is 35.9 Å². The lowest BCUT2D eigenvalue weighted by Gasteiger charge is -2.09. The number of rotatable bonds is 4. The van der Waals surface area contributed by atoms with E-state index in [2.05, 4.69) is 4.99 Å². The highest BCUT2D eigenvalue weighted by Crippen LogP contribution is 2.04. The Bertz CT molecular complexity index is 293.